The van der Waals surface area contributed by atoms with Crippen LogP contribution < -0.4 is 5.32 Å². The number of hydrogen-bond acceptors (Lipinski definition) is 3. The molecular formula is C24H16Cl2F2N2O2. The first-order valence-corrected chi connectivity index (χ1v) is 10.7. The molecule has 0 saturated carbocycles. The van der Waals surface area contributed by atoms with E-state index in [1.807, 2.05) is 0 Å². The minimum Gasteiger partial charge on any atom is -0.365 e. The van der Waals surface area contributed by atoms with Gasteiger partial charge in [-0.05, 0) is 60.4 Å². The van der Waals surface area contributed by atoms with Crippen LogP contribution in [0.15, 0.2) is 60.2 Å². The normalized spacial score (nSPS) is 19.5. The Bertz CT molecular complexity index is 1260. The van der Waals surface area contributed by atoms with Crippen LogP contribution in [0.25, 0.3) is 16.7 Å². The highest BCUT2D eigenvalue weighted by Gasteiger charge is 2.43. The lowest BCUT2D eigenvalue weighted by Crippen LogP contribution is -2.23. The fourth-order valence-electron chi connectivity index (χ4n) is 4.33. The molecule has 5 rings (SSSR count). The van der Waals surface area contributed by atoms with E-state index in [2.05, 4.69) is 10.3 Å². The monoisotopic (exact) mass is 472 g/mol. The van der Waals surface area contributed by atoms with Crippen molar-refractivity contribution in [2.75, 3.05) is 5.32 Å². The maximum atomic E-state index is 14.7. The molecule has 2 aromatic carbocycles. The Hall–Kier alpha value is -2.80. The van der Waals surface area contributed by atoms with Crippen LogP contribution in [0.4, 0.5) is 14.5 Å². The highest BCUT2D eigenvalue weighted by Crippen LogP contribution is 2.45. The maximum absolute atomic E-state index is 14.7. The number of hydrogen-bond donors (Lipinski definition) is 1. The van der Waals surface area contributed by atoms with Gasteiger partial charge in [0.15, 0.2) is 0 Å². The summed E-state index contributed by atoms with van der Waals surface area (Å²) in [5.41, 5.74) is 2.39. The lowest BCUT2D eigenvalue weighted by atomic mass is 9.87. The number of nitrogens with one attached hydrogen (secondary N) is 1. The number of pyridine rings is 1. The van der Waals surface area contributed by atoms with Crippen molar-refractivity contribution in [1.29, 1.82) is 0 Å². The predicted molar refractivity (Wildman–Crippen MR) is 119 cm³/mol. The summed E-state index contributed by atoms with van der Waals surface area (Å²) < 4.78 is 34.7. The third kappa shape index (κ3) is 3.79. The van der Waals surface area contributed by atoms with Gasteiger partial charge in [-0.3, -0.25) is 4.79 Å². The number of carbonyl (C=O) groups excluding carboxylic acids is 1. The molecule has 1 aromatic heterocycles. The first kappa shape index (κ1) is 21.1. The largest absolute Gasteiger partial charge is 0.365 e. The quantitative estimate of drug-likeness (QED) is 0.454. The lowest BCUT2D eigenvalue weighted by Gasteiger charge is -2.17. The number of rotatable bonds is 4. The van der Waals surface area contributed by atoms with Crippen molar-refractivity contribution in [3.63, 3.8) is 0 Å². The number of ether oxygens (including phenoxy) is 1. The first-order valence-electron chi connectivity index (χ1n) is 9.99. The van der Waals surface area contributed by atoms with Crippen molar-refractivity contribution in [2.45, 2.75) is 25.0 Å². The standard InChI is InChI=1S/C24H16Cl2F2N2O2/c25-20-9-12(10-21(26)30-20)22-18-7-8-19(32-18)23(22)24(31)29-13-5-6-15(17(28)11-13)14-3-1-2-4-16(14)27/h1-6,9-11,18-19H,7-8H2,(H,29,31)/t18-,19+/m0/s1. The van der Waals surface area contributed by atoms with Crippen LogP contribution in [0.1, 0.15) is 18.4 Å². The van der Waals surface area contributed by atoms with E-state index >= 15 is 0 Å². The minimum atomic E-state index is -0.640. The molecule has 4 nitrogen and oxygen atoms in total. The van der Waals surface area contributed by atoms with Crippen LogP contribution in [0.5, 0.6) is 0 Å². The van der Waals surface area contributed by atoms with Gasteiger partial charge in [0.1, 0.15) is 21.9 Å². The fourth-order valence-corrected chi connectivity index (χ4v) is 4.79. The van der Waals surface area contributed by atoms with Crippen molar-refractivity contribution in [3.05, 3.63) is 87.7 Å². The number of halogens is 4. The molecule has 2 bridgehead atoms. The number of amides is 1. The van der Waals surface area contributed by atoms with Gasteiger partial charge >= 0.3 is 0 Å². The molecule has 2 aliphatic heterocycles. The molecule has 32 heavy (non-hydrogen) atoms. The molecule has 3 heterocycles. The summed E-state index contributed by atoms with van der Waals surface area (Å²) in [5.74, 6) is -1.56. The molecule has 2 aliphatic rings. The second kappa shape index (κ2) is 8.28. The van der Waals surface area contributed by atoms with E-state index in [-0.39, 0.29) is 39.3 Å². The Balaban J connectivity index is 1.47. The number of carbonyl (C=O) groups is 1. The Kier molecular flexibility index (Phi) is 5.45. The number of aromatic nitrogens is 1. The number of anilines is 1. The molecule has 1 N–H and O–H groups in total. The molecule has 1 fully saturated rings. The van der Waals surface area contributed by atoms with Crippen LogP contribution in [-0.2, 0) is 9.53 Å². The van der Waals surface area contributed by atoms with Crippen LogP contribution in [0, 0.1) is 11.6 Å². The van der Waals surface area contributed by atoms with Crippen LogP contribution in [-0.4, -0.2) is 23.1 Å². The maximum Gasteiger partial charge on any atom is 0.254 e. The van der Waals surface area contributed by atoms with Gasteiger partial charge in [0, 0.05) is 16.8 Å². The molecular weight excluding hydrogens is 457 g/mol. The van der Waals surface area contributed by atoms with Crippen molar-refractivity contribution in [3.8, 4) is 11.1 Å². The van der Waals surface area contributed by atoms with Gasteiger partial charge in [-0.1, -0.05) is 41.4 Å². The summed E-state index contributed by atoms with van der Waals surface area (Å²) in [7, 11) is 0. The van der Waals surface area contributed by atoms with Crippen LogP contribution in [0.3, 0.4) is 0 Å². The Morgan fingerprint density at radius 2 is 1.62 bits per heavy atom. The van der Waals surface area contributed by atoms with E-state index in [4.69, 9.17) is 27.9 Å². The SMILES string of the molecule is O=C(Nc1ccc(-c2ccccc2F)c(F)c1)C1=C(c2cc(Cl)nc(Cl)c2)[C@@H]2CC[C@H]1O2. The summed E-state index contributed by atoms with van der Waals surface area (Å²) in [6, 6.07) is 13.4. The average Bonchev–Trinajstić information content (AvgIpc) is 3.36. The third-order valence-corrected chi connectivity index (χ3v) is 6.05. The molecule has 0 radical (unpaired) electrons. The first-order chi connectivity index (χ1) is 15.4. The topological polar surface area (TPSA) is 51.2 Å². The van der Waals surface area contributed by atoms with Gasteiger partial charge in [-0.25, -0.2) is 13.8 Å². The number of fused-ring (bicyclic) bond motifs is 2. The summed E-state index contributed by atoms with van der Waals surface area (Å²) in [6.07, 6.45) is 0.892. The Morgan fingerprint density at radius 3 is 2.34 bits per heavy atom. The molecule has 0 aliphatic carbocycles. The van der Waals surface area contributed by atoms with E-state index < -0.39 is 17.5 Å². The molecule has 8 heteroatoms. The second-order valence-electron chi connectivity index (χ2n) is 7.65. The van der Waals surface area contributed by atoms with Crippen molar-refractivity contribution in [2.24, 2.45) is 0 Å². The van der Waals surface area contributed by atoms with Gasteiger partial charge in [0.25, 0.3) is 5.91 Å². The van der Waals surface area contributed by atoms with Gasteiger partial charge in [0.2, 0.25) is 0 Å². The number of nitrogens with zero attached hydrogens (tertiary/aromatic N) is 1. The third-order valence-electron chi connectivity index (χ3n) is 5.66. The summed E-state index contributed by atoms with van der Waals surface area (Å²) in [5, 5.41) is 3.17. The van der Waals surface area contributed by atoms with Crippen molar-refractivity contribution >= 4 is 40.4 Å². The average molecular weight is 473 g/mol. The van der Waals surface area contributed by atoms with Gasteiger partial charge < -0.3 is 10.1 Å². The predicted octanol–water partition coefficient (Wildman–Crippen LogP) is 6.29. The number of benzene rings is 2. The van der Waals surface area contributed by atoms with E-state index in [0.717, 1.165) is 6.42 Å². The van der Waals surface area contributed by atoms with Crippen LogP contribution >= 0.6 is 23.2 Å². The molecule has 0 spiro atoms. The Labute approximate surface area is 192 Å². The molecule has 162 valence electrons. The zero-order valence-corrected chi connectivity index (χ0v) is 18.1. The molecule has 2 atom stereocenters. The molecule has 0 unspecified atom stereocenters. The summed E-state index contributed by atoms with van der Waals surface area (Å²) >= 11 is 12.1. The van der Waals surface area contributed by atoms with Crippen molar-refractivity contribution in [1.82, 2.24) is 4.98 Å². The fraction of sp³-hybridized carbons (Fsp3) is 0.167. The van der Waals surface area contributed by atoms with Crippen molar-refractivity contribution < 1.29 is 18.3 Å². The van der Waals surface area contributed by atoms with E-state index in [1.165, 1.54) is 36.4 Å². The van der Waals surface area contributed by atoms with Gasteiger partial charge in [0.05, 0.1) is 17.8 Å². The summed E-state index contributed by atoms with van der Waals surface area (Å²) in [4.78, 5) is 17.1. The van der Waals surface area contributed by atoms with E-state index in [1.54, 1.807) is 18.2 Å². The molecule has 3 aromatic rings. The zero-order chi connectivity index (χ0) is 22.4. The second-order valence-corrected chi connectivity index (χ2v) is 8.42. The van der Waals surface area contributed by atoms with Gasteiger partial charge in [-0.15, -0.1) is 0 Å². The Morgan fingerprint density at radius 1 is 0.938 bits per heavy atom. The summed E-state index contributed by atoms with van der Waals surface area (Å²) in [6.45, 7) is 0. The highest BCUT2D eigenvalue weighted by atomic mass is 35.5. The van der Waals surface area contributed by atoms with E-state index in [9.17, 15) is 13.6 Å². The van der Waals surface area contributed by atoms with E-state index in [0.29, 0.717) is 23.1 Å². The molecule has 1 amide bonds. The lowest BCUT2D eigenvalue weighted by molar-refractivity contribution is -0.113. The van der Waals surface area contributed by atoms with Gasteiger partial charge in [-0.2, -0.15) is 0 Å². The minimum absolute atomic E-state index is 0.116. The van der Waals surface area contributed by atoms with Crippen LogP contribution in [0.2, 0.25) is 10.3 Å². The smallest absolute Gasteiger partial charge is 0.254 e. The zero-order valence-electron chi connectivity index (χ0n) is 16.5. The molecule has 1 saturated heterocycles. The highest BCUT2D eigenvalue weighted by molar-refractivity contribution is 6.32.